The van der Waals surface area contributed by atoms with Crippen LogP contribution in [0.2, 0.25) is 5.02 Å². The van der Waals surface area contributed by atoms with Gasteiger partial charge in [0.25, 0.3) is 0 Å². The van der Waals surface area contributed by atoms with Gasteiger partial charge in [0.05, 0.1) is 5.02 Å². The van der Waals surface area contributed by atoms with Crippen LogP contribution in [0.1, 0.15) is 13.8 Å². The molecule has 0 atom stereocenters. The SMILES string of the molecule is CCN(CC)/N=N\c1c(Cl)cccc1I. The second-order valence-electron chi connectivity index (χ2n) is 2.90. The van der Waals surface area contributed by atoms with Crippen LogP contribution >= 0.6 is 34.2 Å². The van der Waals surface area contributed by atoms with Crippen LogP contribution in [0.3, 0.4) is 0 Å². The van der Waals surface area contributed by atoms with Crippen molar-refractivity contribution < 1.29 is 0 Å². The van der Waals surface area contributed by atoms with Crippen molar-refractivity contribution in [1.29, 1.82) is 0 Å². The summed E-state index contributed by atoms with van der Waals surface area (Å²) in [4.78, 5) is 0. The standard InChI is InChI=1S/C10H13ClIN3/c1-3-15(4-2)14-13-10-8(11)6-5-7-9(10)12/h5-7H,3-4H2,1-2H3/b14-13-. The molecule has 1 aromatic rings. The van der Waals surface area contributed by atoms with Crippen LogP contribution in [0, 0.1) is 3.57 Å². The summed E-state index contributed by atoms with van der Waals surface area (Å²) in [5.41, 5.74) is 0.742. The van der Waals surface area contributed by atoms with E-state index in [1.165, 1.54) is 0 Å². The van der Waals surface area contributed by atoms with E-state index < -0.39 is 0 Å². The van der Waals surface area contributed by atoms with Crippen LogP contribution < -0.4 is 0 Å². The molecule has 0 N–H and O–H groups in total. The maximum absolute atomic E-state index is 6.02. The highest BCUT2D eigenvalue weighted by Crippen LogP contribution is 2.30. The van der Waals surface area contributed by atoms with Crippen molar-refractivity contribution >= 4 is 39.9 Å². The summed E-state index contributed by atoms with van der Waals surface area (Å²) in [6, 6.07) is 5.68. The molecule has 0 saturated heterocycles. The molecule has 15 heavy (non-hydrogen) atoms. The maximum atomic E-state index is 6.02. The van der Waals surface area contributed by atoms with Gasteiger partial charge in [-0.15, -0.1) is 5.11 Å². The van der Waals surface area contributed by atoms with Crippen molar-refractivity contribution in [2.24, 2.45) is 10.3 Å². The zero-order chi connectivity index (χ0) is 11.3. The Morgan fingerprint density at radius 3 is 2.53 bits per heavy atom. The quantitative estimate of drug-likeness (QED) is 0.458. The summed E-state index contributed by atoms with van der Waals surface area (Å²) in [6.07, 6.45) is 0. The van der Waals surface area contributed by atoms with Gasteiger partial charge in [-0.1, -0.05) is 22.9 Å². The number of benzene rings is 1. The molecule has 0 unspecified atom stereocenters. The first kappa shape index (κ1) is 12.7. The molecule has 5 heteroatoms. The summed E-state index contributed by atoms with van der Waals surface area (Å²) in [7, 11) is 0. The highest BCUT2D eigenvalue weighted by Gasteiger charge is 2.03. The predicted molar refractivity (Wildman–Crippen MR) is 71.6 cm³/mol. The molecule has 0 fully saturated rings. The normalized spacial score (nSPS) is 10.9. The number of hydrogen-bond donors (Lipinski definition) is 0. The van der Waals surface area contributed by atoms with E-state index in [1.54, 1.807) is 0 Å². The Labute approximate surface area is 109 Å². The fraction of sp³-hybridized carbons (Fsp3) is 0.400. The second kappa shape index (κ2) is 6.27. The minimum Gasteiger partial charge on any atom is -0.279 e. The van der Waals surface area contributed by atoms with Crippen LogP contribution in [0.5, 0.6) is 0 Å². The van der Waals surface area contributed by atoms with E-state index in [9.17, 15) is 0 Å². The van der Waals surface area contributed by atoms with Gasteiger partial charge in [0.15, 0.2) is 0 Å². The highest BCUT2D eigenvalue weighted by molar-refractivity contribution is 14.1. The summed E-state index contributed by atoms with van der Waals surface area (Å²) in [6.45, 7) is 5.78. The molecular weight excluding hydrogens is 324 g/mol. The summed E-state index contributed by atoms with van der Waals surface area (Å²) >= 11 is 8.22. The molecule has 0 aliphatic rings. The van der Waals surface area contributed by atoms with E-state index in [-0.39, 0.29) is 0 Å². The fourth-order valence-electron chi connectivity index (χ4n) is 1.04. The first-order valence-electron chi connectivity index (χ1n) is 4.79. The van der Waals surface area contributed by atoms with Crippen molar-refractivity contribution in [3.63, 3.8) is 0 Å². The van der Waals surface area contributed by atoms with Gasteiger partial charge in [-0.3, -0.25) is 5.01 Å². The van der Waals surface area contributed by atoms with E-state index in [0.29, 0.717) is 5.02 Å². The molecule has 1 rings (SSSR count). The molecule has 0 heterocycles. The van der Waals surface area contributed by atoms with Gasteiger partial charge in [0.1, 0.15) is 5.69 Å². The van der Waals surface area contributed by atoms with E-state index >= 15 is 0 Å². The van der Waals surface area contributed by atoms with Gasteiger partial charge in [-0.2, -0.15) is 0 Å². The number of halogens is 2. The summed E-state index contributed by atoms with van der Waals surface area (Å²) in [5.74, 6) is 0. The van der Waals surface area contributed by atoms with Crippen LogP contribution in [0.4, 0.5) is 5.69 Å². The van der Waals surface area contributed by atoms with Gasteiger partial charge in [0, 0.05) is 16.7 Å². The Bertz CT molecular complexity index is 330. The van der Waals surface area contributed by atoms with E-state index in [1.807, 2.05) is 37.1 Å². The predicted octanol–water partition coefficient (Wildman–Crippen LogP) is 4.29. The molecule has 3 nitrogen and oxygen atoms in total. The minimum atomic E-state index is 0.637. The van der Waals surface area contributed by atoms with Crippen LogP contribution in [-0.2, 0) is 0 Å². The second-order valence-corrected chi connectivity index (χ2v) is 4.47. The Hall–Kier alpha value is -0.360. The largest absolute Gasteiger partial charge is 0.279 e. The first-order valence-corrected chi connectivity index (χ1v) is 6.25. The molecule has 0 radical (unpaired) electrons. The van der Waals surface area contributed by atoms with Gasteiger partial charge >= 0.3 is 0 Å². The van der Waals surface area contributed by atoms with Crippen molar-refractivity contribution in [2.75, 3.05) is 13.1 Å². The lowest BCUT2D eigenvalue weighted by atomic mass is 10.3. The van der Waals surface area contributed by atoms with Gasteiger partial charge in [-0.25, -0.2) is 0 Å². The third-order valence-corrected chi connectivity index (χ3v) is 3.11. The smallest absolute Gasteiger partial charge is 0.119 e. The zero-order valence-electron chi connectivity index (χ0n) is 8.74. The third kappa shape index (κ3) is 3.61. The van der Waals surface area contributed by atoms with E-state index in [4.69, 9.17) is 11.6 Å². The van der Waals surface area contributed by atoms with E-state index in [2.05, 4.69) is 32.9 Å². The average Bonchev–Trinajstić information content (AvgIpc) is 2.23. The van der Waals surface area contributed by atoms with Gasteiger partial charge < -0.3 is 0 Å². The molecule has 82 valence electrons. The highest BCUT2D eigenvalue weighted by atomic mass is 127. The number of nitrogens with zero attached hydrogens (tertiary/aromatic N) is 3. The molecule has 0 amide bonds. The lowest BCUT2D eigenvalue weighted by Gasteiger charge is -2.11. The molecule has 0 aliphatic carbocycles. The Kier molecular flexibility index (Phi) is 5.31. The maximum Gasteiger partial charge on any atom is 0.119 e. The lowest BCUT2D eigenvalue weighted by molar-refractivity contribution is 0.300. The monoisotopic (exact) mass is 337 g/mol. The topological polar surface area (TPSA) is 28.0 Å². The molecule has 0 bridgehead atoms. The van der Waals surface area contributed by atoms with Crippen LogP contribution in [0.15, 0.2) is 28.5 Å². The van der Waals surface area contributed by atoms with Crippen molar-refractivity contribution in [1.82, 2.24) is 5.01 Å². The number of rotatable bonds is 4. The number of hydrogen-bond acceptors (Lipinski definition) is 2. The van der Waals surface area contributed by atoms with Crippen LogP contribution in [0.25, 0.3) is 0 Å². The third-order valence-electron chi connectivity index (χ3n) is 1.94. The molecular formula is C10H13ClIN3. The Morgan fingerprint density at radius 1 is 1.33 bits per heavy atom. The Balaban J connectivity index is 2.88. The lowest BCUT2D eigenvalue weighted by Crippen LogP contribution is -2.14. The Morgan fingerprint density at radius 2 is 2.00 bits per heavy atom. The van der Waals surface area contributed by atoms with Gasteiger partial charge in [-0.05, 0) is 48.6 Å². The minimum absolute atomic E-state index is 0.637. The van der Waals surface area contributed by atoms with Crippen molar-refractivity contribution in [2.45, 2.75) is 13.8 Å². The summed E-state index contributed by atoms with van der Waals surface area (Å²) < 4.78 is 1.01. The molecule has 1 aromatic carbocycles. The molecule has 0 saturated carbocycles. The van der Waals surface area contributed by atoms with Gasteiger partial charge in [0.2, 0.25) is 0 Å². The van der Waals surface area contributed by atoms with Crippen LogP contribution in [-0.4, -0.2) is 18.1 Å². The molecule has 0 spiro atoms. The first-order chi connectivity index (χ1) is 7.19. The van der Waals surface area contributed by atoms with Crippen molar-refractivity contribution in [3.8, 4) is 0 Å². The summed E-state index contributed by atoms with van der Waals surface area (Å²) in [5, 5.41) is 10.8. The molecule has 0 aromatic heterocycles. The molecule has 0 aliphatic heterocycles. The average molecular weight is 338 g/mol. The van der Waals surface area contributed by atoms with Crippen molar-refractivity contribution in [3.05, 3.63) is 26.8 Å². The van der Waals surface area contributed by atoms with E-state index in [0.717, 1.165) is 22.3 Å². The zero-order valence-corrected chi connectivity index (χ0v) is 11.7. The fourth-order valence-corrected chi connectivity index (χ4v) is 2.02.